The zero-order valence-electron chi connectivity index (χ0n) is 14.9. The number of hydrogen-bond donors (Lipinski definition) is 0. The predicted molar refractivity (Wildman–Crippen MR) is 92.8 cm³/mol. The van der Waals surface area contributed by atoms with Gasteiger partial charge in [-0.05, 0) is 41.0 Å². The van der Waals surface area contributed by atoms with Gasteiger partial charge in [-0.15, -0.1) is 0 Å². The van der Waals surface area contributed by atoms with Crippen LogP contribution in [0.15, 0.2) is 42.5 Å². The zero-order valence-corrected chi connectivity index (χ0v) is 14.9. The fourth-order valence-electron chi connectivity index (χ4n) is 2.55. The van der Waals surface area contributed by atoms with Crippen molar-refractivity contribution in [1.82, 2.24) is 0 Å². The number of carbonyl (C=O) groups excluding carboxylic acids is 4. The summed E-state index contributed by atoms with van der Waals surface area (Å²) >= 11 is 0. The maximum atomic E-state index is 12.9. The van der Waals surface area contributed by atoms with Crippen LogP contribution in [0.25, 0.3) is 0 Å². The average Bonchev–Trinajstić information content (AvgIpc) is 2.53. The van der Waals surface area contributed by atoms with Crippen LogP contribution in [-0.4, -0.2) is 23.1 Å². The molecule has 0 spiro atoms. The third-order valence-corrected chi connectivity index (χ3v) is 5.02. The first-order valence-corrected chi connectivity index (χ1v) is 7.79. The normalized spacial score (nSPS) is 13.7. The Bertz CT molecular complexity index is 686. The van der Waals surface area contributed by atoms with Gasteiger partial charge < -0.3 is 0 Å². The number of carbonyl (C=O) groups is 4. The number of ketones is 4. The Hall–Kier alpha value is -2.36. The first-order valence-electron chi connectivity index (χ1n) is 7.79. The summed E-state index contributed by atoms with van der Waals surface area (Å²) in [5.74, 6) is -1.37. The molecule has 0 aliphatic carbocycles. The summed E-state index contributed by atoms with van der Waals surface area (Å²) in [6, 6.07) is 8.47. The van der Waals surface area contributed by atoms with E-state index in [1.165, 1.54) is 34.6 Å². The summed E-state index contributed by atoms with van der Waals surface area (Å²) in [5, 5.41) is 0. The van der Waals surface area contributed by atoms with E-state index in [9.17, 15) is 19.2 Å². The predicted octanol–water partition coefficient (Wildman–Crippen LogP) is 3.60. The lowest BCUT2D eigenvalue weighted by Crippen LogP contribution is -2.41. The zero-order chi connectivity index (χ0) is 18.7. The molecule has 1 aromatic rings. The minimum Gasteiger partial charge on any atom is -0.299 e. The fourth-order valence-corrected chi connectivity index (χ4v) is 2.55. The molecule has 1 aromatic carbocycles. The van der Waals surface area contributed by atoms with E-state index in [0.717, 1.165) is 0 Å². The largest absolute Gasteiger partial charge is 0.299 e. The Balaban J connectivity index is 3.32. The van der Waals surface area contributed by atoms with Gasteiger partial charge in [0, 0.05) is 5.56 Å². The van der Waals surface area contributed by atoms with Gasteiger partial charge in [-0.2, -0.15) is 0 Å². The average molecular weight is 328 g/mol. The van der Waals surface area contributed by atoms with Crippen molar-refractivity contribution in [3.05, 3.63) is 48.0 Å². The number of Topliss-reactive ketones (excluding diaryl/α,β-unsaturated/α-hetero) is 4. The van der Waals surface area contributed by atoms with Crippen molar-refractivity contribution < 1.29 is 19.2 Å². The highest BCUT2D eigenvalue weighted by atomic mass is 16.2. The van der Waals surface area contributed by atoms with Crippen LogP contribution < -0.4 is 0 Å². The highest BCUT2D eigenvalue weighted by Crippen LogP contribution is 2.39. The quantitative estimate of drug-likeness (QED) is 0.415. The van der Waals surface area contributed by atoms with E-state index in [1.54, 1.807) is 30.3 Å². The summed E-state index contributed by atoms with van der Waals surface area (Å²) in [6.07, 6.45) is -0.0354. The molecule has 0 radical (unpaired) electrons. The molecule has 0 bridgehead atoms. The van der Waals surface area contributed by atoms with Crippen LogP contribution in [0.5, 0.6) is 0 Å². The molecule has 4 nitrogen and oxygen atoms in total. The summed E-state index contributed by atoms with van der Waals surface area (Å²) in [5.41, 5.74) is -2.10. The second-order valence-electron chi connectivity index (χ2n) is 6.60. The Morgan fingerprint density at radius 3 is 1.71 bits per heavy atom. The van der Waals surface area contributed by atoms with Crippen molar-refractivity contribution in [2.75, 3.05) is 0 Å². The molecular formula is C20H24O4. The summed E-state index contributed by atoms with van der Waals surface area (Å²) in [4.78, 5) is 49.1. The van der Waals surface area contributed by atoms with Gasteiger partial charge in [-0.25, -0.2) is 0 Å². The first-order chi connectivity index (χ1) is 11.0. The third kappa shape index (κ3) is 3.42. The topological polar surface area (TPSA) is 68.3 Å². The highest BCUT2D eigenvalue weighted by molar-refractivity contribution is 6.16. The SMILES string of the molecule is C=C(CC(C)(C(C)=O)C(C)=O)C(C)(C(C)=O)C(=O)c1ccccc1. The lowest BCUT2D eigenvalue weighted by atomic mass is 9.66. The minimum atomic E-state index is -1.48. The maximum absolute atomic E-state index is 12.9. The molecule has 128 valence electrons. The maximum Gasteiger partial charge on any atom is 0.180 e. The molecule has 0 amide bonds. The number of hydrogen-bond acceptors (Lipinski definition) is 4. The Morgan fingerprint density at radius 1 is 0.875 bits per heavy atom. The van der Waals surface area contributed by atoms with Crippen LogP contribution in [0, 0.1) is 10.8 Å². The molecule has 0 heterocycles. The van der Waals surface area contributed by atoms with Crippen LogP contribution in [-0.2, 0) is 14.4 Å². The van der Waals surface area contributed by atoms with Gasteiger partial charge in [-0.3, -0.25) is 19.2 Å². The molecular weight excluding hydrogens is 304 g/mol. The van der Waals surface area contributed by atoms with Crippen molar-refractivity contribution in [2.24, 2.45) is 10.8 Å². The van der Waals surface area contributed by atoms with E-state index in [-0.39, 0.29) is 35.1 Å². The molecule has 0 aromatic heterocycles. The van der Waals surface area contributed by atoms with Crippen molar-refractivity contribution in [2.45, 2.75) is 41.0 Å². The summed E-state index contributed by atoms with van der Waals surface area (Å²) < 4.78 is 0. The lowest BCUT2D eigenvalue weighted by molar-refractivity contribution is -0.137. The Labute approximate surface area is 142 Å². The fraction of sp³-hybridized carbons (Fsp3) is 0.400. The van der Waals surface area contributed by atoms with Gasteiger partial charge in [0.2, 0.25) is 0 Å². The molecule has 0 saturated heterocycles. The molecule has 4 heteroatoms. The molecule has 0 N–H and O–H groups in total. The van der Waals surface area contributed by atoms with E-state index in [0.29, 0.717) is 5.56 Å². The van der Waals surface area contributed by atoms with Gasteiger partial charge in [0.15, 0.2) is 5.78 Å². The lowest BCUT2D eigenvalue weighted by Gasteiger charge is -2.33. The Kier molecular flexibility index (Phi) is 5.77. The van der Waals surface area contributed by atoms with Gasteiger partial charge in [-0.1, -0.05) is 42.5 Å². The van der Waals surface area contributed by atoms with Crippen LogP contribution >= 0.6 is 0 Å². The van der Waals surface area contributed by atoms with E-state index < -0.39 is 10.8 Å². The summed E-state index contributed by atoms with van der Waals surface area (Å²) in [6.45, 7) is 10.9. The minimum absolute atomic E-state index is 0.0354. The van der Waals surface area contributed by atoms with Gasteiger partial charge in [0.25, 0.3) is 0 Å². The standard InChI is InChI=1S/C20H24O4/c1-13(12-19(5,14(2)21)15(3)22)20(6,16(4)23)18(24)17-10-8-7-9-11-17/h7-11H,1,12H2,2-6H3. The van der Waals surface area contributed by atoms with Gasteiger partial charge in [0.1, 0.15) is 22.8 Å². The molecule has 24 heavy (non-hydrogen) atoms. The summed E-state index contributed by atoms with van der Waals surface area (Å²) in [7, 11) is 0. The van der Waals surface area contributed by atoms with Crippen LogP contribution in [0.2, 0.25) is 0 Å². The third-order valence-electron chi connectivity index (χ3n) is 5.02. The highest BCUT2D eigenvalue weighted by Gasteiger charge is 2.45. The number of benzene rings is 1. The molecule has 0 saturated carbocycles. The van der Waals surface area contributed by atoms with Gasteiger partial charge >= 0.3 is 0 Å². The van der Waals surface area contributed by atoms with E-state index in [4.69, 9.17) is 0 Å². The molecule has 1 atom stereocenters. The van der Waals surface area contributed by atoms with E-state index >= 15 is 0 Å². The smallest absolute Gasteiger partial charge is 0.180 e. The second-order valence-corrected chi connectivity index (χ2v) is 6.60. The molecule has 0 fully saturated rings. The van der Waals surface area contributed by atoms with Crippen LogP contribution in [0.3, 0.4) is 0 Å². The number of allylic oxidation sites excluding steroid dienone is 1. The van der Waals surface area contributed by atoms with E-state index in [2.05, 4.69) is 6.58 Å². The second kappa shape index (κ2) is 7.04. The molecule has 0 aliphatic heterocycles. The van der Waals surface area contributed by atoms with Crippen molar-refractivity contribution in [1.29, 1.82) is 0 Å². The van der Waals surface area contributed by atoms with Gasteiger partial charge in [0.05, 0.1) is 5.41 Å². The van der Waals surface area contributed by atoms with Crippen molar-refractivity contribution >= 4 is 23.1 Å². The van der Waals surface area contributed by atoms with E-state index in [1.807, 2.05) is 0 Å². The molecule has 0 aliphatic rings. The Morgan fingerprint density at radius 2 is 1.33 bits per heavy atom. The monoisotopic (exact) mass is 328 g/mol. The first kappa shape index (κ1) is 19.7. The van der Waals surface area contributed by atoms with Crippen LogP contribution in [0.4, 0.5) is 0 Å². The molecule has 1 rings (SSSR count). The van der Waals surface area contributed by atoms with Crippen molar-refractivity contribution in [3.8, 4) is 0 Å². The van der Waals surface area contributed by atoms with Crippen LogP contribution in [0.1, 0.15) is 51.4 Å². The van der Waals surface area contributed by atoms with Crippen molar-refractivity contribution in [3.63, 3.8) is 0 Å². The number of rotatable bonds is 8. The molecule has 1 unspecified atom stereocenters.